The summed E-state index contributed by atoms with van der Waals surface area (Å²) in [6.07, 6.45) is 1.54. The second kappa shape index (κ2) is 7.66. The zero-order valence-corrected chi connectivity index (χ0v) is 16.9. The van der Waals surface area contributed by atoms with Crippen LogP contribution < -0.4 is 15.0 Å². The first-order valence-electron chi connectivity index (χ1n) is 8.72. The maximum atomic E-state index is 13.2. The minimum Gasteiger partial charge on any atom is -0.496 e. The number of carbonyl (C=O) groups excluding carboxylic acids is 2. The fraction of sp³-hybridized carbons (Fsp3) is 0.0455. The molecule has 1 heterocycles. The molecule has 1 saturated heterocycles. The molecule has 1 aliphatic heterocycles. The summed E-state index contributed by atoms with van der Waals surface area (Å²) in [6.45, 7) is 0. The fourth-order valence-corrected chi connectivity index (χ4v) is 3.72. The van der Waals surface area contributed by atoms with Gasteiger partial charge >= 0.3 is 0 Å². The highest BCUT2D eigenvalue weighted by molar-refractivity contribution is 7.80. The van der Waals surface area contributed by atoms with Gasteiger partial charge < -0.3 is 4.74 Å². The van der Waals surface area contributed by atoms with Gasteiger partial charge in [0.25, 0.3) is 11.8 Å². The average molecular weight is 423 g/mol. The Balaban J connectivity index is 1.87. The standard InChI is InChI=1S/C22H15ClN2O3S/c1-28-19-10-9-13-5-2-3-8-16(13)17(19)12-18-20(26)24-22(29)25(21(18)27)15-7-4-6-14(23)11-15/h2-12H,1H3,(H,24,26,29)/b18-12+. The van der Waals surface area contributed by atoms with Gasteiger partial charge in [-0.15, -0.1) is 0 Å². The lowest BCUT2D eigenvalue weighted by molar-refractivity contribution is -0.122. The highest BCUT2D eigenvalue weighted by Crippen LogP contribution is 2.31. The number of fused-ring (bicyclic) bond motifs is 1. The van der Waals surface area contributed by atoms with Crippen molar-refractivity contribution in [2.75, 3.05) is 12.0 Å². The van der Waals surface area contributed by atoms with Crippen molar-refractivity contribution in [1.29, 1.82) is 0 Å². The molecule has 0 aliphatic carbocycles. The number of nitrogens with zero attached hydrogens (tertiary/aromatic N) is 1. The largest absolute Gasteiger partial charge is 0.496 e. The van der Waals surface area contributed by atoms with Crippen LogP contribution in [0.3, 0.4) is 0 Å². The molecule has 3 aromatic carbocycles. The molecular weight excluding hydrogens is 408 g/mol. The monoisotopic (exact) mass is 422 g/mol. The first kappa shape index (κ1) is 19.1. The summed E-state index contributed by atoms with van der Waals surface area (Å²) in [7, 11) is 1.54. The van der Waals surface area contributed by atoms with Crippen molar-refractivity contribution in [3.8, 4) is 5.75 Å². The SMILES string of the molecule is COc1ccc2ccccc2c1/C=C1\C(=O)NC(=S)N(c2cccc(Cl)c2)C1=O. The number of carbonyl (C=O) groups is 2. The number of benzene rings is 3. The second-order valence-corrected chi connectivity index (χ2v) is 7.16. The minimum atomic E-state index is -0.562. The molecule has 0 spiro atoms. The topological polar surface area (TPSA) is 58.6 Å². The summed E-state index contributed by atoms with van der Waals surface area (Å²) < 4.78 is 5.47. The molecule has 0 atom stereocenters. The molecule has 1 fully saturated rings. The predicted octanol–water partition coefficient (Wildman–Crippen LogP) is 4.33. The van der Waals surface area contributed by atoms with Crippen LogP contribution in [-0.2, 0) is 9.59 Å². The van der Waals surface area contributed by atoms with Gasteiger partial charge in [-0.1, -0.05) is 48.0 Å². The van der Waals surface area contributed by atoms with Crippen LogP contribution in [0.5, 0.6) is 5.75 Å². The molecule has 0 aromatic heterocycles. The predicted molar refractivity (Wildman–Crippen MR) is 118 cm³/mol. The molecule has 7 heteroatoms. The van der Waals surface area contributed by atoms with Crippen LogP contribution in [0, 0.1) is 0 Å². The Morgan fingerprint density at radius 2 is 1.86 bits per heavy atom. The highest BCUT2D eigenvalue weighted by atomic mass is 35.5. The Labute approximate surface area is 177 Å². The van der Waals surface area contributed by atoms with Gasteiger partial charge in [0, 0.05) is 10.6 Å². The Morgan fingerprint density at radius 3 is 2.62 bits per heavy atom. The third-order valence-electron chi connectivity index (χ3n) is 4.61. The van der Waals surface area contributed by atoms with Crippen LogP contribution in [0.2, 0.25) is 5.02 Å². The molecule has 1 aliphatic rings. The maximum absolute atomic E-state index is 13.2. The van der Waals surface area contributed by atoms with E-state index in [4.69, 9.17) is 28.6 Å². The van der Waals surface area contributed by atoms with E-state index in [1.165, 1.54) is 11.0 Å². The second-order valence-electron chi connectivity index (χ2n) is 6.34. The van der Waals surface area contributed by atoms with E-state index in [1.807, 2.05) is 30.3 Å². The van der Waals surface area contributed by atoms with Gasteiger partial charge in [-0.3, -0.25) is 19.8 Å². The quantitative estimate of drug-likeness (QED) is 0.387. The molecule has 144 valence electrons. The van der Waals surface area contributed by atoms with E-state index in [0.717, 1.165) is 10.8 Å². The number of ether oxygens (including phenoxy) is 1. The Morgan fingerprint density at radius 1 is 1.07 bits per heavy atom. The van der Waals surface area contributed by atoms with Crippen LogP contribution in [0.1, 0.15) is 5.56 Å². The van der Waals surface area contributed by atoms with Crippen LogP contribution in [0.25, 0.3) is 16.8 Å². The molecule has 1 N–H and O–H groups in total. The van der Waals surface area contributed by atoms with E-state index in [-0.39, 0.29) is 10.7 Å². The van der Waals surface area contributed by atoms with Gasteiger partial charge in [-0.05, 0) is 53.3 Å². The number of rotatable bonds is 3. The Bertz CT molecular complexity index is 1210. The van der Waals surface area contributed by atoms with E-state index in [9.17, 15) is 9.59 Å². The normalized spacial score (nSPS) is 15.7. The zero-order valence-electron chi connectivity index (χ0n) is 15.3. The number of amides is 2. The van der Waals surface area contributed by atoms with Crippen molar-refractivity contribution in [1.82, 2.24) is 5.32 Å². The molecule has 3 aromatic rings. The van der Waals surface area contributed by atoms with E-state index in [0.29, 0.717) is 22.0 Å². The number of methoxy groups -OCH3 is 1. The van der Waals surface area contributed by atoms with Gasteiger partial charge in [-0.2, -0.15) is 0 Å². The van der Waals surface area contributed by atoms with Crippen molar-refractivity contribution in [2.45, 2.75) is 0 Å². The summed E-state index contributed by atoms with van der Waals surface area (Å²) in [5, 5.41) is 4.87. The average Bonchev–Trinajstić information content (AvgIpc) is 2.71. The van der Waals surface area contributed by atoms with Crippen molar-refractivity contribution >= 4 is 63.3 Å². The van der Waals surface area contributed by atoms with E-state index in [2.05, 4.69) is 5.32 Å². The maximum Gasteiger partial charge on any atom is 0.270 e. The number of nitrogens with one attached hydrogen (secondary N) is 1. The van der Waals surface area contributed by atoms with Gasteiger partial charge in [-0.25, -0.2) is 0 Å². The molecule has 4 rings (SSSR count). The van der Waals surface area contributed by atoms with Gasteiger partial charge in [0.05, 0.1) is 12.8 Å². The summed E-state index contributed by atoms with van der Waals surface area (Å²) in [4.78, 5) is 27.1. The molecule has 0 radical (unpaired) electrons. The lowest BCUT2D eigenvalue weighted by Crippen LogP contribution is -2.54. The van der Waals surface area contributed by atoms with Crippen LogP contribution in [0.4, 0.5) is 5.69 Å². The number of halogens is 1. The van der Waals surface area contributed by atoms with E-state index in [1.54, 1.807) is 37.4 Å². The van der Waals surface area contributed by atoms with Crippen LogP contribution >= 0.6 is 23.8 Å². The zero-order chi connectivity index (χ0) is 20.5. The molecule has 2 amide bonds. The lowest BCUT2D eigenvalue weighted by Gasteiger charge is -2.29. The highest BCUT2D eigenvalue weighted by Gasteiger charge is 2.34. The van der Waals surface area contributed by atoms with Crippen molar-refractivity contribution in [2.24, 2.45) is 0 Å². The van der Waals surface area contributed by atoms with Crippen LogP contribution in [-0.4, -0.2) is 24.0 Å². The Kier molecular flexibility index (Phi) is 5.05. The molecule has 5 nitrogen and oxygen atoms in total. The van der Waals surface area contributed by atoms with Crippen LogP contribution in [0.15, 0.2) is 66.2 Å². The smallest absolute Gasteiger partial charge is 0.270 e. The minimum absolute atomic E-state index is 0.00398. The Hall–Kier alpha value is -3.22. The molecule has 0 bridgehead atoms. The van der Waals surface area contributed by atoms with Crippen molar-refractivity contribution < 1.29 is 14.3 Å². The van der Waals surface area contributed by atoms with Crippen molar-refractivity contribution in [3.63, 3.8) is 0 Å². The fourth-order valence-electron chi connectivity index (χ4n) is 3.25. The summed E-state index contributed by atoms with van der Waals surface area (Å²) in [5.74, 6) is -0.538. The number of hydrogen-bond acceptors (Lipinski definition) is 4. The molecular formula is C22H15ClN2O3S. The first-order chi connectivity index (χ1) is 14.0. The van der Waals surface area contributed by atoms with Gasteiger partial charge in [0.1, 0.15) is 11.3 Å². The summed E-state index contributed by atoms with van der Waals surface area (Å²) in [5.41, 5.74) is 1.07. The molecule has 0 unspecified atom stereocenters. The van der Waals surface area contributed by atoms with Gasteiger partial charge in [0.15, 0.2) is 5.11 Å². The lowest BCUT2D eigenvalue weighted by atomic mass is 9.99. The van der Waals surface area contributed by atoms with Crippen molar-refractivity contribution in [3.05, 3.63) is 76.8 Å². The third kappa shape index (κ3) is 3.48. The third-order valence-corrected chi connectivity index (χ3v) is 5.13. The van der Waals surface area contributed by atoms with E-state index < -0.39 is 11.8 Å². The number of hydrogen-bond donors (Lipinski definition) is 1. The number of anilines is 1. The van der Waals surface area contributed by atoms with Gasteiger partial charge in [0.2, 0.25) is 0 Å². The molecule has 29 heavy (non-hydrogen) atoms. The first-order valence-corrected chi connectivity index (χ1v) is 9.51. The summed E-state index contributed by atoms with van der Waals surface area (Å²) in [6, 6.07) is 18.1. The molecule has 0 saturated carbocycles. The van der Waals surface area contributed by atoms with E-state index >= 15 is 0 Å². The summed E-state index contributed by atoms with van der Waals surface area (Å²) >= 11 is 11.3. The number of thiocarbonyl (C=S) groups is 1.